The Kier molecular flexibility index (Phi) is 4.98. The molecular formula is C24H28N2O2. The second kappa shape index (κ2) is 7.44. The molecule has 1 aliphatic rings. The van der Waals surface area contributed by atoms with E-state index in [9.17, 15) is 9.90 Å². The summed E-state index contributed by atoms with van der Waals surface area (Å²) in [6.45, 7) is 6.51. The molecule has 4 rings (SSSR count). The van der Waals surface area contributed by atoms with Gasteiger partial charge in [0, 0.05) is 23.6 Å². The number of carboxylic acids is 1. The third kappa shape index (κ3) is 3.45. The van der Waals surface area contributed by atoms with E-state index in [1.54, 1.807) is 12.1 Å². The maximum absolute atomic E-state index is 11.2. The van der Waals surface area contributed by atoms with Gasteiger partial charge in [-0.2, -0.15) is 0 Å². The summed E-state index contributed by atoms with van der Waals surface area (Å²) in [6.07, 6.45) is 4.25. The van der Waals surface area contributed by atoms with E-state index in [0.29, 0.717) is 17.4 Å². The highest BCUT2D eigenvalue weighted by Crippen LogP contribution is 2.37. The molecule has 2 heterocycles. The fourth-order valence-corrected chi connectivity index (χ4v) is 4.84. The molecule has 2 N–H and O–H groups in total. The molecule has 0 bridgehead atoms. The average Bonchev–Trinajstić information content (AvgIpc) is 3.16. The summed E-state index contributed by atoms with van der Waals surface area (Å²) in [7, 11) is 2.18. The maximum Gasteiger partial charge on any atom is 0.335 e. The predicted octanol–water partition coefficient (Wildman–Crippen LogP) is 4.76. The van der Waals surface area contributed by atoms with Gasteiger partial charge in [-0.1, -0.05) is 18.2 Å². The summed E-state index contributed by atoms with van der Waals surface area (Å²) in [5, 5.41) is 10.5. The summed E-state index contributed by atoms with van der Waals surface area (Å²) in [5.74, 6) is 0.0941. The van der Waals surface area contributed by atoms with Crippen LogP contribution in [-0.2, 0) is 6.42 Å². The molecule has 146 valence electrons. The van der Waals surface area contributed by atoms with Crippen molar-refractivity contribution in [3.05, 3.63) is 70.4 Å². The second-order valence-electron chi connectivity index (χ2n) is 8.30. The number of rotatable bonds is 4. The van der Waals surface area contributed by atoms with Gasteiger partial charge in [-0.25, -0.2) is 4.79 Å². The lowest BCUT2D eigenvalue weighted by atomic mass is 9.76. The SMILES string of the molecule is Cc1cc(C)c2[nH]ccc2c1CC1CCN(C)CC1c1ccc(C(=O)O)cc1. The van der Waals surface area contributed by atoms with Gasteiger partial charge in [0.1, 0.15) is 0 Å². The average molecular weight is 377 g/mol. The van der Waals surface area contributed by atoms with Crippen LogP contribution in [0.1, 0.15) is 45.0 Å². The van der Waals surface area contributed by atoms with E-state index < -0.39 is 5.97 Å². The number of nitrogens with one attached hydrogen (secondary N) is 1. The van der Waals surface area contributed by atoms with Crippen molar-refractivity contribution in [2.24, 2.45) is 5.92 Å². The molecule has 0 saturated carbocycles. The number of likely N-dealkylation sites (N-methyl/N-ethyl adjacent to an activating group) is 1. The van der Waals surface area contributed by atoms with Gasteiger partial charge in [0.05, 0.1) is 5.56 Å². The lowest BCUT2D eigenvalue weighted by Gasteiger charge is -2.37. The highest BCUT2D eigenvalue weighted by Gasteiger charge is 2.30. The molecule has 2 atom stereocenters. The van der Waals surface area contributed by atoms with Crippen molar-refractivity contribution in [1.29, 1.82) is 0 Å². The van der Waals surface area contributed by atoms with Crippen LogP contribution >= 0.6 is 0 Å². The van der Waals surface area contributed by atoms with Crippen LogP contribution in [0.3, 0.4) is 0 Å². The second-order valence-corrected chi connectivity index (χ2v) is 8.30. The van der Waals surface area contributed by atoms with Gasteiger partial charge in [0.25, 0.3) is 0 Å². The van der Waals surface area contributed by atoms with E-state index in [0.717, 1.165) is 25.9 Å². The van der Waals surface area contributed by atoms with Crippen molar-refractivity contribution >= 4 is 16.9 Å². The number of hydrogen-bond donors (Lipinski definition) is 2. The van der Waals surface area contributed by atoms with Crippen molar-refractivity contribution in [3.63, 3.8) is 0 Å². The lowest BCUT2D eigenvalue weighted by Crippen LogP contribution is -2.37. The topological polar surface area (TPSA) is 56.3 Å². The number of aromatic carboxylic acids is 1. The minimum Gasteiger partial charge on any atom is -0.478 e. The minimum absolute atomic E-state index is 0.355. The number of benzene rings is 2. The third-order valence-corrected chi connectivity index (χ3v) is 6.39. The Hall–Kier alpha value is -2.59. The van der Waals surface area contributed by atoms with Crippen molar-refractivity contribution < 1.29 is 9.90 Å². The number of nitrogens with zero attached hydrogens (tertiary/aromatic N) is 1. The fourth-order valence-electron chi connectivity index (χ4n) is 4.84. The van der Waals surface area contributed by atoms with Crippen LogP contribution in [-0.4, -0.2) is 41.1 Å². The highest BCUT2D eigenvalue weighted by atomic mass is 16.4. The van der Waals surface area contributed by atoms with Crippen LogP contribution < -0.4 is 0 Å². The molecule has 1 fully saturated rings. The Morgan fingerprint density at radius 1 is 1.18 bits per heavy atom. The number of carbonyl (C=O) groups is 1. The molecule has 2 unspecified atom stereocenters. The lowest BCUT2D eigenvalue weighted by molar-refractivity contribution is 0.0697. The molecule has 1 aliphatic heterocycles. The minimum atomic E-state index is -0.867. The molecule has 3 aromatic rings. The van der Waals surface area contributed by atoms with E-state index in [4.69, 9.17) is 0 Å². The first-order chi connectivity index (χ1) is 13.4. The predicted molar refractivity (Wildman–Crippen MR) is 113 cm³/mol. The van der Waals surface area contributed by atoms with Gasteiger partial charge in [-0.3, -0.25) is 0 Å². The molecule has 4 heteroatoms. The number of piperidine rings is 1. The maximum atomic E-state index is 11.2. The number of fused-ring (bicyclic) bond motifs is 1. The van der Waals surface area contributed by atoms with Gasteiger partial charge in [0.2, 0.25) is 0 Å². The van der Waals surface area contributed by atoms with Gasteiger partial charge < -0.3 is 15.0 Å². The van der Waals surface area contributed by atoms with Gasteiger partial charge in [-0.15, -0.1) is 0 Å². The van der Waals surface area contributed by atoms with E-state index in [-0.39, 0.29) is 0 Å². The van der Waals surface area contributed by atoms with Crippen LogP contribution in [0.15, 0.2) is 42.6 Å². The Bertz CT molecular complexity index is 1000. The first-order valence-electron chi connectivity index (χ1n) is 10.0. The summed E-state index contributed by atoms with van der Waals surface area (Å²) < 4.78 is 0. The van der Waals surface area contributed by atoms with Crippen LogP contribution in [0.2, 0.25) is 0 Å². The van der Waals surface area contributed by atoms with Crippen LogP contribution in [0, 0.1) is 19.8 Å². The van der Waals surface area contributed by atoms with Gasteiger partial charge in [0.15, 0.2) is 0 Å². The molecule has 2 aromatic carbocycles. The Morgan fingerprint density at radius 2 is 1.93 bits per heavy atom. The Balaban J connectivity index is 1.67. The molecule has 0 aliphatic carbocycles. The Labute approximate surface area is 166 Å². The zero-order valence-electron chi connectivity index (χ0n) is 16.8. The highest BCUT2D eigenvalue weighted by molar-refractivity contribution is 5.88. The van der Waals surface area contributed by atoms with Gasteiger partial charge in [-0.05, 0) is 92.6 Å². The molecule has 4 nitrogen and oxygen atoms in total. The first kappa shape index (κ1) is 18.8. The number of carboxylic acid groups (broad SMARTS) is 1. The molecule has 28 heavy (non-hydrogen) atoms. The number of aromatic amines is 1. The number of H-pyrrole nitrogens is 1. The van der Waals surface area contributed by atoms with E-state index in [2.05, 4.69) is 42.9 Å². The smallest absolute Gasteiger partial charge is 0.335 e. The monoisotopic (exact) mass is 376 g/mol. The summed E-state index contributed by atoms with van der Waals surface area (Å²) in [4.78, 5) is 17.0. The fraction of sp³-hybridized carbons (Fsp3) is 0.375. The summed E-state index contributed by atoms with van der Waals surface area (Å²) >= 11 is 0. The molecular weight excluding hydrogens is 348 g/mol. The van der Waals surface area contributed by atoms with E-state index >= 15 is 0 Å². The van der Waals surface area contributed by atoms with E-state index in [1.807, 2.05) is 18.3 Å². The summed E-state index contributed by atoms with van der Waals surface area (Å²) in [5.41, 5.74) is 6.96. The zero-order valence-corrected chi connectivity index (χ0v) is 16.8. The van der Waals surface area contributed by atoms with Crippen molar-refractivity contribution in [1.82, 2.24) is 9.88 Å². The molecule has 0 radical (unpaired) electrons. The number of aromatic nitrogens is 1. The summed E-state index contributed by atoms with van der Waals surface area (Å²) in [6, 6.07) is 12.0. The van der Waals surface area contributed by atoms with Crippen molar-refractivity contribution in [2.45, 2.75) is 32.6 Å². The van der Waals surface area contributed by atoms with Crippen LogP contribution in [0.4, 0.5) is 0 Å². The van der Waals surface area contributed by atoms with Gasteiger partial charge >= 0.3 is 5.97 Å². The molecule has 1 aromatic heterocycles. The molecule has 0 spiro atoms. The Morgan fingerprint density at radius 3 is 2.64 bits per heavy atom. The van der Waals surface area contributed by atoms with Crippen molar-refractivity contribution in [2.75, 3.05) is 20.1 Å². The number of hydrogen-bond acceptors (Lipinski definition) is 2. The van der Waals surface area contributed by atoms with Crippen LogP contribution in [0.25, 0.3) is 10.9 Å². The quantitative estimate of drug-likeness (QED) is 0.690. The van der Waals surface area contributed by atoms with Crippen LogP contribution in [0.5, 0.6) is 0 Å². The number of aryl methyl sites for hydroxylation is 2. The standard InChI is InChI=1S/C24H28N2O2/c1-15-12-16(2)23-20(8-10-25-23)21(15)13-19-9-11-26(3)14-22(19)17-4-6-18(7-5-17)24(27)28/h4-8,10,12,19,22,25H,9,11,13-14H2,1-3H3,(H,27,28). The largest absolute Gasteiger partial charge is 0.478 e. The third-order valence-electron chi connectivity index (χ3n) is 6.39. The first-order valence-corrected chi connectivity index (χ1v) is 10.0. The number of likely N-dealkylation sites (tertiary alicyclic amines) is 1. The molecule has 1 saturated heterocycles. The molecule has 0 amide bonds. The normalized spacial score (nSPS) is 20.5. The zero-order chi connectivity index (χ0) is 19.8. The van der Waals surface area contributed by atoms with Crippen molar-refractivity contribution in [3.8, 4) is 0 Å². The van der Waals surface area contributed by atoms with E-state index in [1.165, 1.54) is 33.2 Å².